The van der Waals surface area contributed by atoms with Gasteiger partial charge < -0.3 is 24.8 Å². The summed E-state index contributed by atoms with van der Waals surface area (Å²) in [4.78, 5) is 6.79. The Morgan fingerprint density at radius 1 is 1.27 bits per heavy atom. The van der Waals surface area contributed by atoms with Gasteiger partial charge in [-0.1, -0.05) is 0 Å². The molecule has 7 nitrogen and oxygen atoms in total. The van der Waals surface area contributed by atoms with E-state index in [1.165, 1.54) is 0 Å². The number of hydrogen-bond acceptors (Lipinski definition) is 5. The summed E-state index contributed by atoms with van der Waals surface area (Å²) in [6.45, 7) is 7.69. The number of methoxy groups -OCH3 is 1. The lowest BCUT2D eigenvalue weighted by atomic mass is 9.97. The van der Waals surface area contributed by atoms with Gasteiger partial charge in [-0.15, -0.1) is 0 Å². The van der Waals surface area contributed by atoms with Gasteiger partial charge in [0.05, 0.1) is 26.4 Å². The van der Waals surface area contributed by atoms with Crippen LogP contribution in [0.25, 0.3) is 0 Å². The molecular formula is C15H30N4O3. The van der Waals surface area contributed by atoms with Gasteiger partial charge in [0.15, 0.2) is 5.96 Å². The SMILES string of the molecule is CN=C(NCCOC)NCC(C1CCOC1)N1CCOCC1. The standard InChI is InChI=1S/C15H30N4O3/c1-16-15(17-4-8-20-2)18-11-14(13-3-7-22-12-13)19-5-9-21-10-6-19/h13-14H,3-12H2,1-2H3,(H2,16,17,18). The first-order valence-electron chi connectivity index (χ1n) is 8.18. The molecule has 0 aromatic rings. The molecule has 0 spiro atoms. The third kappa shape index (κ3) is 5.39. The van der Waals surface area contributed by atoms with Crippen molar-refractivity contribution in [3.63, 3.8) is 0 Å². The molecule has 2 unspecified atom stereocenters. The summed E-state index contributed by atoms with van der Waals surface area (Å²) in [5.41, 5.74) is 0. The van der Waals surface area contributed by atoms with Gasteiger partial charge in [0.1, 0.15) is 0 Å². The van der Waals surface area contributed by atoms with Crippen LogP contribution in [0.5, 0.6) is 0 Å². The third-order valence-corrected chi connectivity index (χ3v) is 4.32. The summed E-state index contributed by atoms with van der Waals surface area (Å²) < 4.78 is 16.1. The maximum absolute atomic E-state index is 5.59. The first-order chi connectivity index (χ1) is 10.8. The number of rotatable bonds is 7. The zero-order chi connectivity index (χ0) is 15.6. The molecule has 2 atom stereocenters. The highest BCUT2D eigenvalue weighted by Crippen LogP contribution is 2.21. The lowest BCUT2D eigenvalue weighted by Crippen LogP contribution is -2.53. The predicted molar refractivity (Wildman–Crippen MR) is 86.3 cm³/mol. The van der Waals surface area contributed by atoms with Gasteiger partial charge >= 0.3 is 0 Å². The fourth-order valence-corrected chi connectivity index (χ4v) is 3.05. The topological polar surface area (TPSA) is 67.4 Å². The molecule has 2 rings (SSSR count). The summed E-state index contributed by atoms with van der Waals surface area (Å²) in [5.74, 6) is 1.41. The Morgan fingerprint density at radius 2 is 2.09 bits per heavy atom. The molecule has 0 radical (unpaired) electrons. The Hall–Kier alpha value is -0.890. The Bertz CT molecular complexity index is 329. The van der Waals surface area contributed by atoms with Crippen molar-refractivity contribution in [2.75, 3.05) is 73.4 Å². The molecule has 22 heavy (non-hydrogen) atoms. The summed E-state index contributed by atoms with van der Waals surface area (Å²) in [6, 6.07) is 0.465. The molecule has 2 aliphatic heterocycles. The van der Waals surface area contributed by atoms with E-state index in [-0.39, 0.29) is 0 Å². The van der Waals surface area contributed by atoms with Crippen LogP contribution in [0, 0.1) is 5.92 Å². The molecular weight excluding hydrogens is 284 g/mol. The number of guanidine groups is 1. The Balaban J connectivity index is 1.85. The second-order valence-corrected chi connectivity index (χ2v) is 5.71. The van der Waals surface area contributed by atoms with Crippen LogP contribution in [0.1, 0.15) is 6.42 Å². The van der Waals surface area contributed by atoms with E-state index < -0.39 is 0 Å². The first kappa shape index (κ1) is 17.5. The Kier molecular flexibility index (Phi) is 7.93. The number of hydrogen-bond donors (Lipinski definition) is 2. The van der Waals surface area contributed by atoms with Crippen molar-refractivity contribution in [2.24, 2.45) is 10.9 Å². The second-order valence-electron chi connectivity index (χ2n) is 5.71. The molecule has 2 heterocycles. The smallest absolute Gasteiger partial charge is 0.191 e. The van der Waals surface area contributed by atoms with Gasteiger partial charge in [0.2, 0.25) is 0 Å². The van der Waals surface area contributed by atoms with E-state index in [2.05, 4.69) is 20.5 Å². The maximum atomic E-state index is 5.59. The summed E-state index contributed by atoms with van der Waals surface area (Å²) in [5, 5.41) is 6.71. The average Bonchev–Trinajstić information content (AvgIpc) is 3.09. The third-order valence-electron chi connectivity index (χ3n) is 4.32. The van der Waals surface area contributed by atoms with Gasteiger partial charge in [0, 0.05) is 58.9 Å². The molecule has 0 amide bonds. The van der Waals surface area contributed by atoms with Crippen molar-refractivity contribution in [3.05, 3.63) is 0 Å². The average molecular weight is 314 g/mol. The van der Waals surface area contributed by atoms with Gasteiger partial charge in [-0.25, -0.2) is 0 Å². The van der Waals surface area contributed by atoms with E-state index in [0.29, 0.717) is 18.6 Å². The monoisotopic (exact) mass is 314 g/mol. The number of aliphatic imine (C=N–C) groups is 1. The minimum absolute atomic E-state index is 0.465. The molecule has 0 saturated carbocycles. The largest absolute Gasteiger partial charge is 0.383 e. The summed E-state index contributed by atoms with van der Waals surface area (Å²) in [6.07, 6.45) is 1.14. The maximum Gasteiger partial charge on any atom is 0.191 e. The minimum atomic E-state index is 0.465. The summed E-state index contributed by atoms with van der Waals surface area (Å²) in [7, 11) is 3.50. The van der Waals surface area contributed by atoms with Crippen LogP contribution in [0.2, 0.25) is 0 Å². The fourth-order valence-electron chi connectivity index (χ4n) is 3.05. The zero-order valence-electron chi connectivity index (χ0n) is 13.8. The van der Waals surface area contributed by atoms with Crippen molar-refractivity contribution >= 4 is 5.96 Å². The van der Waals surface area contributed by atoms with Crippen molar-refractivity contribution in [1.29, 1.82) is 0 Å². The van der Waals surface area contributed by atoms with Crippen LogP contribution < -0.4 is 10.6 Å². The van der Waals surface area contributed by atoms with E-state index in [1.54, 1.807) is 14.2 Å². The van der Waals surface area contributed by atoms with Gasteiger partial charge in [0.25, 0.3) is 0 Å². The quantitative estimate of drug-likeness (QED) is 0.376. The van der Waals surface area contributed by atoms with Gasteiger partial charge in [-0.05, 0) is 6.42 Å². The van der Waals surface area contributed by atoms with Crippen LogP contribution in [0.3, 0.4) is 0 Å². The number of nitrogens with one attached hydrogen (secondary N) is 2. The lowest BCUT2D eigenvalue weighted by molar-refractivity contribution is 0.00246. The van der Waals surface area contributed by atoms with E-state index in [4.69, 9.17) is 14.2 Å². The second kappa shape index (κ2) is 9.99. The van der Waals surface area contributed by atoms with Crippen LogP contribution in [0.15, 0.2) is 4.99 Å². The van der Waals surface area contributed by atoms with Crippen LogP contribution >= 0.6 is 0 Å². The molecule has 0 aliphatic carbocycles. The molecule has 128 valence electrons. The molecule has 2 saturated heterocycles. The molecule has 0 aromatic carbocycles. The number of ether oxygens (including phenoxy) is 3. The Morgan fingerprint density at radius 3 is 2.73 bits per heavy atom. The fraction of sp³-hybridized carbons (Fsp3) is 0.933. The van der Waals surface area contributed by atoms with E-state index in [0.717, 1.165) is 65.0 Å². The molecule has 0 aromatic heterocycles. The van der Waals surface area contributed by atoms with Crippen LogP contribution in [0.4, 0.5) is 0 Å². The van der Waals surface area contributed by atoms with E-state index in [1.807, 2.05) is 0 Å². The van der Waals surface area contributed by atoms with Gasteiger partial charge in [-0.3, -0.25) is 9.89 Å². The van der Waals surface area contributed by atoms with Gasteiger partial charge in [-0.2, -0.15) is 0 Å². The highest BCUT2D eigenvalue weighted by Gasteiger charge is 2.31. The molecule has 7 heteroatoms. The predicted octanol–water partition coefficient (Wildman–Crippen LogP) is -0.465. The van der Waals surface area contributed by atoms with Crippen molar-refractivity contribution in [1.82, 2.24) is 15.5 Å². The number of nitrogens with zero attached hydrogens (tertiary/aromatic N) is 2. The van der Waals surface area contributed by atoms with Crippen molar-refractivity contribution in [3.8, 4) is 0 Å². The zero-order valence-corrected chi connectivity index (χ0v) is 13.8. The van der Waals surface area contributed by atoms with Crippen LogP contribution in [-0.4, -0.2) is 90.3 Å². The first-order valence-corrected chi connectivity index (χ1v) is 8.18. The summed E-state index contributed by atoms with van der Waals surface area (Å²) >= 11 is 0. The van der Waals surface area contributed by atoms with E-state index in [9.17, 15) is 0 Å². The highest BCUT2D eigenvalue weighted by atomic mass is 16.5. The Labute approximate surface area is 133 Å². The van der Waals surface area contributed by atoms with E-state index >= 15 is 0 Å². The minimum Gasteiger partial charge on any atom is -0.383 e. The number of morpholine rings is 1. The van der Waals surface area contributed by atoms with Crippen molar-refractivity contribution < 1.29 is 14.2 Å². The highest BCUT2D eigenvalue weighted by molar-refractivity contribution is 5.79. The lowest BCUT2D eigenvalue weighted by Gasteiger charge is -2.37. The molecule has 0 bridgehead atoms. The van der Waals surface area contributed by atoms with Crippen molar-refractivity contribution in [2.45, 2.75) is 12.5 Å². The molecule has 2 N–H and O–H groups in total. The normalized spacial score (nSPS) is 25.2. The molecule has 2 aliphatic rings. The van der Waals surface area contributed by atoms with Crippen LogP contribution in [-0.2, 0) is 14.2 Å². The molecule has 2 fully saturated rings.